The predicted octanol–water partition coefficient (Wildman–Crippen LogP) is 2.82. The summed E-state index contributed by atoms with van der Waals surface area (Å²) in [5.74, 6) is 0.345. The van der Waals surface area contributed by atoms with Crippen molar-refractivity contribution in [2.24, 2.45) is 0 Å². The lowest BCUT2D eigenvalue weighted by atomic mass is 10.0. The Morgan fingerprint density at radius 2 is 2.00 bits per heavy atom. The summed E-state index contributed by atoms with van der Waals surface area (Å²) < 4.78 is 0. The van der Waals surface area contributed by atoms with Gasteiger partial charge < -0.3 is 4.79 Å². The summed E-state index contributed by atoms with van der Waals surface area (Å²) in [4.78, 5) is 21.3. The van der Waals surface area contributed by atoms with Gasteiger partial charge in [-0.2, -0.15) is 0 Å². The monoisotopic (exact) mass is 194 g/mol. The fraction of sp³-hybridized carbons (Fsp3) is 0.667. The van der Waals surface area contributed by atoms with Gasteiger partial charge in [0.25, 0.3) is 0 Å². The normalized spacial score (nSPS) is 15.7. The SMILES string of the molecule is O=CCCCCCCC1=CCCC1=O. The number of carbonyl (C=O) groups excluding carboxylic acids is 2. The Balaban J connectivity index is 1.98. The Morgan fingerprint density at radius 1 is 1.21 bits per heavy atom. The third kappa shape index (κ3) is 3.86. The summed E-state index contributed by atoms with van der Waals surface area (Å²) in [6, 6.07) is 0. The van der Waals surface area contributed by atoms with Crippen LogP contribution in [0.15, 0.2) is 11.6 Å². The maximum absolute atomic E-state index is 11.2. The van der Waals surface area contributed by atoms with Gasteiger partial charge in [0.1, 0.15) is 6.29 Å². The second-order valence-electron chi connectivity index (χ2n) is 3.81. The fourth-order valence-electron chi connectivity index (χ4n) is 1.79. The van der Waals surface area contributed by atoms with Crippen molar-refractivity contribution in [1.82, 2.24) is 0 Å². The van der Waals surface area contributed by atoms with Crippen LogP contribution in [-0.4, -0.2) is 12.1 Å². The Labute approximate surface area is 85.4 Å². The zero-order valence-electron chi connectivity index (χ0n) is 8.63. The first-order valence-corrected chi connectivity index (χ1v) is 5.50. The van der Waals surface area contributed by atoms with Crippen molar-refractivity contribution >= 4 is 12.1 Å². The van der Waals surface area contributed by atoms with Gasteiger partial charge in [0.2, 0.25) is 0 Å². The molecule has 0 N–H and O–H groups in total. The molecule has 0 spiro atoms. The van der Waals surface area contributed by atoms with Crippen LogP contribution in [0.5, 0.6) is 0 Å². The minimum Gasteiger partial charge on any atom is -0.303 e. The first-order chi connectivity index (χ1) is 6.84. The summed E-state index contributed by atoms with van der Waals surface area (Å²) in [7, 11) is 0. The molecule has 0 fully saturated rings. The predicted molar refractivity (Wildman–Crippen MR) is 56.1 cm³/mol. The molecule has 0 radical (unpaired) electrons. The van der Waals surface area contributed by atoms with E-state index in [9.17, 15) is 9.59 Å². The first kappa shape index (κ1) is 11.2. The quantitative estimate of drug-likeness (QED) is 0.461. The average Bonchev–Trinajstić information content (AvgIpc) is 2.58. The van der Waals surface area contributed by atoms with Crippen molar-refractivity contribution in [3.63, 3.8) is 0 Å². The highest BCUT2D eigenvalue weighted by Gasteiger charge is 2.13. The van der Waals surface area contributed by atoms with E-state index >= 15 is 0 Å². The second kappa shape index (κ2) is 6.52. The van der Waals surface area contributed by atoms with E-state index in [0.717, 1.165) is 56.8 Å². The largest absolute Gasteiger partial charge is 0.303 e. The van der Waals surface area contributed by atoms with E-state index in [4.69, 9.17) is 0 Å². The van der Waals surface area contributed by atoms with E-state index in [1.165, 1.54) is 0 Å². The third-order valence-electron chi connectivity index (χ3n) is 2.64. The Kier molecular flexibility index (Phi) is 5.20. The molecule has 0 heterocycles. The van der Waals surface area contributed by atoms with Crippen LogP contribution in [0.25, 0.3) is 0 Å². The number of carbonyl (C=O) groups is 2. The van der Waals surface area contributed by atoms with Gasteiger partial charge in [0, 0.05) is 12.8 Å². The maximum Gasteiger partial charge on any atom is 0.158 e. The van der Waals surface area contributed by atoms with Gasteiger partial charge in [0.05, 0.1) is 0 Å². The number of aldehydes is 1. The standard InChI is InChI=1S/C12H18O2/c13-10-5-3-1-2-4-7-11-8-6-9-12(11)14/h8,10H,1-7,9H2. The summed E-state index contributed by atoms with van der Waals surface area (Å²) in [5, 5.41) is 0. The van der Waals surface area contributed by atoms with Crippen molar-refractivity contribution in [2.75, 3.05) is 0 Å². The molecule has 0 bridgehead atoms. The van der Waals surface area contributed by atoms with Gasteiger partial charge >= 0.3 is 0 Å². The van der Waals surface area contributed by atoms with Gasteiger partial charge in [-0.25, -0.2) is 0 Å². The van der Waals surface area contributed by atoms with Crippen molar-refractivity contribution in [3.8, 4) is 0 Å². The fourth-order valence-corrected chi connectivity index (χ4v) is 1.79. The number of Topliss-reactive ketones (excluding diaryl/α,β-unsaturated/α-hetero) is 1. The molecule has 0 aromatic rings. The summed E-state index contributed by atoms with van der Waals surface area (Å²) in [5.41, 5.74) is 1.04. The summed E-state index contributed by atoms with van der Waals surface area (Å²) in [6.07, 6.45) is 10.7. The van der Waals surface area contributed by atoms with Crippen LogP contribution in [0.4, 0.5) is 0 Å². The lowest BCUT2D eigenvalue weighted by molar-refractivity contribution is -0.115. The lowest BCUT2D eigenvalue weighted by Gasteiger charge is -2.00. The summed E-state index contributed by atoms with van der Waals surface area (Å²) >= 11 is 0. The van der Waals surface area contributed by atoms with Gasteiger partial charge in [-0.1, -0.05) is 18.9 Å². The van der Waals surface area contributed by atoms with Crippen LogP contribution in [0, 0.1) is 0 Å². The molecule has 0 aliphatic heterocycles. The Morgan fingerprint density at radius 3 is 2.64 bits per heavy atom. The lowest BCUT2D eigenvalue weighted by Crippen LogP contribution is -1.95. The second-order valence-corrected chi connectivity index (χ2v) is 3.81. The number of rotatable bonds is 7. The van der Waals surface area contributed by atoms with Crippen LogP contribution in [0.3, 0.4) is 0 Å². The minimum absolute atomic E-state index is 0.345. The molecule has 0 atom stereocenters. The highest BCUT2D eigenvalue weighted by Crippen LogP contribution is 2.19. The zero-order chi connectivity index (χ0) is 10.2. The van der Waals surface area contributed by atoms with Crippen molar-refractivity contribution in [1.29, 1.82) is 0 Å². The number of allylic oxidation sites excluding steroid dienone is 2. The molecule has 0 amide bonds. The molecule has 14 heavy (non-hydrogen) atoms. The molecule has 0 aromatic heterocycles. The molecular formula is C12H18O2. The van der Waals surface area contributed by atoms with E-state index in [-0.39, 0.29) is 0 Å². The van der Waals surface area contributed by atoms with Crippen LogP contribution < -0.4 is 0 Å². The van der Waals surface area contributed by atoms with Crippen LogP contribution in [0.2, 0.25) is 0 Å². The Hall–Kier alpha value is -0.920. The number of hydrogen-bond donors (Lipinski definition) is 0. The molecule has 78 valence electrons. The third-order valence-corrected chi connectivity index (χ3v) is 2.64. The minimum atomic E-state index is 0.345. The van der Waals surface area contributed by atoms with Gasteiger partial charge in [0.15, 0.2) is 5.78 Å². The highest BCUT2D eigenvalue weighted by atomic mass is 16.1. The first-order valence-electron chi connectivity index (χ1n) is 5.50. The topological polar surface area (TPSA) is 34.1 Å². The smallest absolute Gasteiger partial charge is 0.158 e. The van der Waals surface area contributed by atoms with Crippen molar-refractivity contribution in [3.05, 3.63) is 11.6 Å². The summed E-state index contributed by atoms with van der Waals surface area (Å²) in [6.45, 7) is 0. The van der Waals surface area contributed by atoms with E-state index in [2.05, 4.69) is 6.08 Å². The molecule has 0 saturated heterocycles. The maximum atomic E-state index is 11.2. The molecule has 1 rings (SSSR count). The molecule has 1 aliphatic carbocycles. The number of hydrogen-bond acceptors (Lipinski definition) is 2. The van der Waals surface area contributed by atoms with E-state index in [1.54, 1.807) is 0 Å². The number of ketones is 1. The molecule has 2 nitrogen and oxygen atoms in total. The van der Waals surface area contributed by atoms with E-state index in [1.807, 2.05) is 0 Å². The zero-order valence-corrected chi connectivity index (χ0v) is 8.63. The van der Waals surface area contributed by atoms with Crippen LogP contribution in [0.1, 0.15) is 51.4 Å². The molecule has 1 aliphatic rings. The molecule has 0 unspecified atom stereocenters. The Bertz CT molecular complexity index is 228. The molecule has 2 heteroatoms. The molecular weight excluding hydrogens is 176 g/mol. The van der Waals surface area contributed by atoms with Crippen LogP contribution in [-0.2, 0) is 9.59 Å². The molecule has 0 saturated carbocycles. The average molecular weight is 194 g/mol. The number of unbranched alkanes of at least 4 members (excludes halogenated alkanes) is 4. The molecule has 0 aromatic carbocycles. The van der Waals surface area contributed by atoms with Gasteiger partial charge in [-0.05, 0) is 31.3 Å². The van der Waals surface area contributed by atoms with E-state index < -0.39 is 0 Å². The van der Waals surface area contributed by atoms with Crippen LogP contribution >= 0.6 is 0 Å². The van der Waals surface area contributed by atoms with Gasteiger partial charge in [-0.15, -0.1) is 0 Å². The van der Waals surface area contributed by atoms with Gasteiger partial charge in [-0.3, -0.25) is 4.79 Å². The van der Waals surface area contributed by atoms with Crippen molar-refractivity contribution < 1.29 is 9.59 Å². The van der Waals surface area contributed by atoms with Crippen molar-refractivity contribution in [2.45, 2.75) is 51.4 Å². The highest BCUT2D eigenvalue weighted by molar-refractivity contribution is 5.97. The van der Waals surface area contributed by atoms with E-state index in [0.29, 0.717) is 12.2 Å².